The fourth-order valence-electron chi connectivity index (χ4n) is 3.01. The van der Waals surface area contributed by atoms with Gasteiger partial charge >= 0.3 is 5.97 Å². The minimum absolute atomic E-state index is 0.0147. The number of esters is 1. The maximum absolute atomic E-state index is 12.2. The van der Waals surface area contributed by atoms with E-state index in [0.29, 0.717) is 30.0 Å². The average Bonchev–Trinajstić information content (AvgIpc) is 3.12. The number of carbonyl (C=O) groups is 4. The summed E-state index contributed by atoms with van der Waals surface area (Å²) in [6.07, 6.45) is 1.26. The van der Waals surface area contributed by atoms with Gasteiger partial charge in [0.05, 0.1) is 16.9 Å². The summed E-state index contributed by atoms with van der Waals surface area (Å²) in [6, 6.07) is 13.1. The highest BCUT2D eigenvalue weighted by Crippen LogP contribution is 2.29. The molecule has 29 heavy (non-hydrogen) atoms. The predicted octanol–water partition coefficient (Wildman–Crippen LogP) is 2.57. The zero-order chi connectivity index (χ0) is 20.8. The fourth-order valence-corrected chi connectivity index (χ4v) is 3.01. The Bertz CT molecular complexity index is 940. The summed E-state index contributed by atoms with van der Waals surface area (Å²) in [7, 11) is 0. The first-order valence-electron chi connectivity index (χ1n) is 9.18. The molecule has 0 unspecified atom stereocenters. The van der Waals surface area contributed by atoms with Crippen LogP contribution < -0.4 is 15.5 Å². The molecule has 8 nitrogen and oxygen atoms in total. The van der Waals surface area contributed by atoms with E-state index in [1.165, 1.54) is 19.1 Å². The van der Waals surface area contributed by atoms with Crippen LogP contribution in [0.15, 0.2) is 48.5 Å². The van der Waals surface area contributed by atoms with Crippen LogP contribution in [-0.2, 0) is 19.1 Å². The number of hydrogen-bond acceptors (Lipinski definition) is 5. The second-order valence-corrected chi connectivity index (χ2v) is 6.55. The minimum Gasteiger partial charge on any atom is -0.452 e. The number of rotatable bonds is 6. The van der Waals surface area contributed by atoms with Gasteiger partial charge in [-0.1, -0.05) is 12.1 Å². The molecule has 1 heterocycles. The SMILES string of the molecule is CC(=O)Nc1ccc(C(=O)OCC(=O)Nc2ccccc2N2CCCC2=O)cc1. The van der Waals surface area contributed by atoms with E-state index in [9.17, 15) is 19.2 Å². The topological polar surface area (TPSA) is 105 Å². The molecule has 1 aliphatic heterocycles. The van der Waals surface area contributed by atoms with Gasteiger partial charge < -0.3 is 20.3 Å². The van der Waals surface area contributed by atoms with Gasteiger partial charge in [-0.15, -0.1) is 0 Å². The largest absolute Gasteiger partial charge is 0.452 e. The predicted molar refractivity (Wildman–Crippen MR) is 108 cm³/mol. The molecule has 2 aromatic carbocycles. The van der Waals surface area contributed by atoms with Crippen molar-refractivity contribution < 1.29 is 23.9 Å². The lowest BCUT2D eigenvalue weighted by atomic mass is 10.2. The molecular weight excluding hydrogens is 374 g/mol. The molecule has 0 spiro atoms. The Morgan fingerprint density at radius 2 is 1.76 bits per heavy atom. The van der Waals surface area contributed by atoms with Crippen molar-refractivity contribution in [3.05, 3.63) is 54.1 Å². The zero-order valence-electron chi connectivity index (χ0n) is 15.9. The smallest absolute Gasteiger partial charge is 0.338 e. The quantitative estimate of drug-likeness (QED) is 0.732. The van der Waals surface area contributed by atoms with Crippen LogP contribution >= 0.6 is 0 Å². The van der Waals surface area contributed by atoms with Crippen molar-refractivity contribution in [3.63, 3.8) is 0 Å². The number of para-hydroxylation sites is 2. The lowest BCUT2D eigenvalue weighted by Gasteiger charge is -2.19. The molecule has 0 atom stereocenters. The number of amides is 3. The molecule has 3 rings (SSSR count). The summed E-state index contributed by atoms with van der Waals surface area (Å²) >= 11 is 0. The lowest BCUT2D eigenvalue weighted by Crippen LogP contribution is -2.27. The van der Waals surface area contributed by atoms with Crippen molar-refractivity contribution in [3.8, 4) is 0 Å². The Balaban J connectivity index is 1.57. The van der Waals surface area contributed by atoms with Crippen LogP contribution in [0.5, 0.6) is 0 Å². The number of nitrogens with one attached hydrogen (secondary N) is 2. The normalized spacial score (nSPS) is 13.1. The van der Waals surface area contributed by atoms with Gasteiger partial charge in [0.25, 0.3) is 5.91 Å². The van der Waals surface area contributed by atoms with Crippen molar-refractivity contribution in [1.82, 2.24) is 0 Å². The Labute approximate surface area is 167 Å². The summed E-state index contributed by atoms with van der Waals surface area (Å²) in [6.45, 7) is 1.53. The van der Waals surface area contributed by atoms with E-state index in [1.807, 2.05) is 0 Å². The monoisotopic (exact) mass is 395 g/mol. The van der Waals surface area contributed by atoms with Gasteiger partial charge in [-0.05, 0) is 42.8 Å². The van der Waals surface area contributed by atoms with Crippen LogP contribution in [0.4, 0.5) is 17.1 Å². The molecule has 1 aliphatic rings. The van der Waals surface area contributed by atoms with Gasteiger partial charge in [0.1, 0.15) is 0 Å². The van der Waals surface area contributed by atoms with Gasteiger partial charge in [0.15, 0.2) is 6.61 Å². The Morgan fingerprint density at radius 3 is 2.41 bits per heavy atom. The standard InChI is InChI=1S/C21H21N3O5/c1-14(25)22-16-10-8-15(9-11-16)21(28)29-13-19(26)23-17-5-2-3-6-18(17)24-12-4-7-20(24)27/h2-3,5-6,8-11H,4,7,12-13H2,1H3,(H,22,25)(H,23,26). The van der Waals surface area contributed by atoms with Gasteiger partial charge in [0, 0.05) is 25.6 Å². The van der Waals surface area contributed by atoms with Crippen molar-refractivity contribution in [1.29, 1.82) is 0 Å². The van der Waals surface area contributed by atoms with Crippen LogP contribution in [0.2, 0.25) is 0 Å². The van der Waals surface area contributed by atoms with E-state index in [1.54, 1.807) is 41.3 Å². The molecule has 0 aromatic heterocycles. The minimum atomic E-state index is -0.655. The van der Waals surface area contributed by atoms with E-state index >= 15 is 0 Å². The highest BCUT2D eigenvalue weighted by molar-refractivity contribution is 6.03. The maximum Gasteiger partial charge on any atom is 0.338 e. The maximum atomic E-state index is 12.2. The summed E-state index contributed by atoms with van der Waals surface area (Å²) in [5.74, 6) is -1.36. The third-order valence-corrected chi connectivity index (χ3v) is 4.32. The van der Waals surface area contributed by atoms with E-state index in [4.69, 9.17) is 4.74 Å². The third-order valence-electron chi connectivity index (χ3n) is 4.32. The number of benzene rings is 2. The molecule has 0 bridgehead atoms. The van der Waals surface area contributed by atoms with Crippen LogP contribution in [0.25, 0.3) is 0 Å². The van der Waals surface area contributed by atoms with Crippen LogP contribution in [0, 0.1) is 0 Å². The van der Waals surface area contributed by atoms with Crippen molar-refractivity contribution in [2.75, 3.05) is 28.7 Å². The molecule has 150 valence electrons. The van der Waals surface area contributed by atoms with Crippen LogP contribution in [0.3, 0.4) is 0 Å². The van der Waals surface area contributed by atoms with Crippen LogP contribution in [-0.4, -0.2) is 36.8 Å². The first-order valence-corrected chi connectivity index (χ1v) is 9.18. The first kappa shape index (κ1) is 20.1. The second kappa shape index (κ2) is 9.01. The number of carbonyl (C=O) groups excluding carboxylic acids is 4. The molecule has 2 N–H and O–H groups in total. The van der Waals surface area contributed by atoms with Gasteiger partial charge in [-0.2, -0.15) is 0 Å². The van der Waals surface area contributed by atoms with E-state index in [2.05, 4.69) is 10.6 Å². The fraction of sp³-hybridized carbons (Fsp3) is 0.238. The Kier molecular flexibility index (Phi) is 6.23. The highest BCUT2D eigenvalue weighted by atomic mass is 16.5. The number of anilines is 3. The van der Waals surface area contributed by atoms with Crippen LogP contribution in [0.1, 0.15) is 30.1 Å². The molecule has 0 saturated carbocycles. The van der Waals surface area contributed by atoms with Gasteiger partial charge in [-0.25, -0.2) is 4.79 Å². The Morgan fingerprint density at radius 1 is 1.03 bits per heavy atom. The molecule has 2 aromatic rings. The zero-order valence-corrected chi connectivity index (χ0v) is 15.9. The summed E-state index contributed by atoms with van der Waals surface area (Å²) in [4.78, 5) is 49.0. The van der Waals surface area contributed by atoms with E-state index < -0.39 is 18.5 Å². The van der Waals surface area contributed by atoms with Crippen molar-refractivity contribution >= 4 is 40.8 Å². The molecular formula is C21H21N3O5. The molecule has 1 saturated heterocycles. The average molecular weight is 395 g/mol. The lowest BCUT2D eigenvalue weighted by molar-refractivity contribution is -0.119. The highest BCUT2D eigenvalue weighted by Gasteiger charge is 2.24. The molecule has 1 fully saturated rings. The van der Waals surface area contributed by atoms with E-state index in [-0.39, 0.29) is 17.4 Å². The molecule has 0 aliphatic carbocycles. The number of hydrogen-bond donors (Lipinski definition) is 2. The van der Waals surface area contributed by atoms with Crippen molar-refractivity contribution in [2.45, 2.75) is 19.8 Å². The molecule has 3 amide bonds. The summed E-state index contributed by atoms with van der Waals surface area (Å²) < 4.78 is 5.05. The number of ether oxygens (including phenoxy) is 1. The summed E-state index contributed by atoms with van der Waals surface area (Å²) in [5, 5.41) is 5.28. The third kappa shape index (κ3) is 5.19. The van der Waals surface area contributed by atoms with Crippen molar-refractivity contribution in [2.24, 2.45) is 0 Å². The molecule has 0 radical (unpaired) electrons. The van der Waals surface area contributed by atoms with Gasteiger partial charge in [-0.3, -0.25) is 14.4 Å². The first-order chi connectivity index (χ1) is 13.9. The summed E-state index contributed by atoms with van der Waals surface area (Å²) in [5.41, 5.74) is 1.93. The van der Waals surface area contributed by atoms with Gasteiger partial charge in [0.2, 0.25) is 11.8 Å². The second-order valence-electron chi connectivity index (χ2n) is 6.55. The van der Waals surface area contributed by atoms with E-state index in [0.717, 1.165) is 6.42 Å². The Hall–Kier alpha value is -3.68. The number of nitrogens with zero attached hydrogens (tertiary/aromatic N) is 1. The molecule has 8 heteroatoms.